The Labute approximate surface area is 136 Å². The number of anilines is 1. The zero-order chi connectivity index (χ0) is 16.2. The normalized spacial score (nSPS) is 15.4. The fraction of sp³-hybridized carbons (Fsp3) is 0.333. The molecule has 2 heterocycles. The number of nitrogens with zero attached hydrogens (tertiary/aromatic N) is 3. The van der Waals surface area contributed by atoms with Gasteiger partial charge in [-0.25, -0.2) is 0 Å². The van der Waals surface area contributed by atoms with Gasteiger partial charge < -0.3 is 9.80 Å². The number of aromatic amines is 1. The SMILES string of the molecule is Cc1n[nH]c(C)c1N1CCN(C(=O)/C=C/c2ccccc2)CC1. The van der Waals surface area contributed by atoms with Crippen LogP contribution in [-0.4, -0.2) is 47.2 Å². The monoisotopic (exact) mass is 310 g/mol. The predicted molar refractivity (Wildman–Crippen MR) is 92.3 cm³/mol. The van der Waals surface area contributed by atoms with Gasteiger partial charge >= 0.3 is 0 Å². The van der Waals surface area contributed by atoms with Crippen molar-refractivity contribution in [3.63, 3.8) is 0 Å². The van der Waals surface area contributed by atoms with Crippen molar-refractivity contribution < 1.29 is 4.79 Å². The quantitative estimate of drug-likeness (QED) is 0.886. The summed E-state index contributed by atoms with van der Waals surface area (Å²) in [6, 6.07) is 9.90. The summed E-state index contributed by atoms with van der Waals surface area (Å²) in [6.07, 6.45) is 3.54. The highest BCUT2D eigenvalue weighted by Gasteiger charge is 2.22. The molecule has 1 fully saturated rings. The van der Waals surface area contributed by atoms with Crippen LogP contribution >= 0.6 is 0 Å². The third-order valence-corrected chi connectivity index (χ3v) is 4.21. The molecule has 3 rings (SSSR count). The zero-order valence-corrected chi connectivity index (χ0v) is 13.6. The first-order valence-electron chi connectivity index (χ1n) is 7.93. The van der Waals surface area contributed by atoms with Gasteiger partial charge in [-0.3, -0.25) is 9.89 Å². The molecule has 0 bridgehead atoms. The van der Waals surface area contributed by atoms with Gasteiger partial charge in [0, 0.05) is 32.3 Å². The van der Waals surface area contributed by atoms with Crippen LogP contribution in [0.2, 0.25) is 0 Å². The summed E-state index contributed by atoms with van der Waals surface area (Å²) in [6.45, 7) is 7.21. The van der Waals surface area contributed by atoms with Crippen molar-refractivity contribution in [1.82, 2.24) is 15.1 Å². The van der Waals surface area contributed by atoms with Crippen molar-refractivity contribution in [2.24, 2.45) is 0 Å². The molecule has 1 N–H and O–H groups in total. The molecule has 1 amide bonds. The average molecular weight is 310 g/mol. The van der Waals surface area contributed by atoms with E-state index in [-0.39, 0.29) is 5.91 Å². The number of aryl methyl sites for hydroxylation is 2. The Bertz CT molecular complexity index is 678. The lowest BCUT2D eigenvalue weighted by Gasteiger charge is -2.35. The van der Waals surface area contributed by atoms with Crippen molar-refractivity contribution in [3.8, 4) is 0 Å². The lowest BCUT2D eigenvalue weighted by atomic mass is 10.2. The lowest BCUT2D eigenvalue weighted by Crippen LogP contribution is -2.48. The number of piperazine rings is 1. The van der Waals surface area contributed by atoms with Crippen LogP contribution < -0.4 is 4.90 Å². The van der Waals surface area contributed by atoms with Gasteiger partial charge in [-0.1, -0.05) is 30.3 Å². The van der Waals surface area contributed by atoms with E-state index in [9.17, 15) is 4.79 Å². The Morgan fingerprint density at radius 1 is 1.13 bits per heavy atom. The first kappa shape index (κ1) is 15.3. The Balaban J connectivity index is 1.58. The van der Waals surface area contributed by atoms with Crippen LogP contribution in [0.4, 0.5) is 5.69 Å². The molecule has 5 heteroatoms. The van der Waals surface area contributed by atoms with Crippen molar-refractivity contribution in [3.05, 3.63) is 53.4 Å². The van der Waals surface area contributed by atoms with E-state index in [0.29, 0.717) is 0 Å². The number of H-pyrrole nitrogens is 1. The largest absolute Gasteiger partial charge is 0.365 e. The number of benzene rings is 1. The van der Waals surface area contributed by atoms with E-state index in [2.05, 4.69) is 15.1 Å². The minimum absolute atomic E-state index is 0.0779. The maximum atomic E-state index is 12.3. The third kappa shape index (κ3) is 3.44. The van der Waals surface area contributed by atoms with Gasteiger partial charge in [-0.05, 0) is 25.5 Å². The summed E-state index contributed by atoms with van der Waals surface area (Å²) in [5.74, 6) is 0.0779. The molecule has 0 radical (unpaired) electrons. The van der Waals surface area contributed by atoms with E-state index >= 15 is 0 Å². The van der Waals surface area contributed by atoms with Gasteiger partial charge in [0.2, 0.25) is 5.91 Å². The van der Waals surface area contributed by atoms with Gasteiger partial charge in [0.05, 0.1) is 17.1 Å². The number of carbonyl (C=O) groups is 1. The van der Waals surface area contributed by atoms with Crippen LogP contribution in [0.5, 0.6) is 0 Å². The van der Waals surface area contributed by atoms with Crippen molar-refractivity contribution in [2.45, 2.75) is 13.8 Å². The maximum Gasteiger partial charge on any atom is 0.246 e. The van der Waals surface area contributed by atoms with Gasteiger partial charge in [0.1, 0.15) is 0 Å². The molecule has 23 heavy (non-hydrogen) atoms. The molecule has 1 saturated heterocycles. The van der Waals surface area contributed by atoms with Crippen LogP contribution in [0, 0.1) is 13.8 Å². The highest BCUT2D eigenvalue weighted by molar-refractivity contribution is 5.92. The molecular weight excluding hydrogens is 288 g/mol. The van der Waals surface area contributed by atoms with Crippen molar-refractivity contribution in [2.75, 3.05) is 31.1 Å². The standard InChI is InChI=1S/C18H22N4O/c1-14-18(15(2)20-19-14)22-12-10-21(11-13-22)17(23)9-8-16-6-4-3-5-7-16/h3-9H,10-13H2,1-2H3,(H,19,20)/b9-8+. The summed E-state index contributed by atoms with van der Waals surface area (Å²) in [7, 11) is 0. The summed E-state index contributed by atoms with van der Waals surface area (Å²) in [5.41, 5.74) is 4.33. The first-order valence-corrected chi connectivity index (χ1v) is 7.93. The van der Waals surface area contributed by atoms with Gasteiger partial charge in [-0.15, -0.1) is 0 Å². The molecule has 1 aliphatic heterocycles. The van der Waals surface area contributed by atoms with Crippen LogP contribution in [-0.2, 0) is 4.79 Å². The molecule has 2 aromatic rings. The van der Waals surface area contributed by atoms with E-state index in [1.165, 1.54) is 5.69 Å². The van der Waals surface area contributed by atoms with E-state index in [0.717, 1.165) is 43.1 Å². The van der Waals surface area contributed by atoms with Crippen molar-refractivity contribution >= 4 is 17.7 Å². The second-order valence-corrected chi connectivity index (χ2v) is 5.84. The fourth-order valence-electron chi connectivity index (χ4n) is 3.00. The molecular formula is C18H22N4O. The molecule has 5 nitrogen and oxygen atoms in total. The van der Waals surface area contributed by atoms with Crippen LogP contribution in [0.25, 0.3) is 6.08 Å². The lowest BCUT2D eigenvalue weighted by molar-refractivity contribution is -0.126. The van der Waals surface area contributed by atoms with Crippen LogP contribution in [0.1, 0.15) is 17.0 Å². The average Bonchev–Trinajstić information content (AvgIpc) is 2.92. The molecule has 1 aromatic heterocycles. The smallest absolute Gasteiger partial charge is 0.246 e. The molecule has 0 atom stereocenters. The summed E-state index contributed by atoms with van der Waals surface area (Å²) in [4.78, 5) is 16.5. The van der Waals surface area contributed by atoms with Crippen molar-refractivity contribution in [1.29, 1.82) is 0 Å². The molecule has 0 spiro atoms. The Hall–Kier alpha value is -2.56. The number of hydrogen-bond acceptors (Lipinski definition) is 3. The molecule has 1 aromatic carbocycles. The summed E-state index contributed by atoms with van der Waals surface area (Å²) >= 11 is 0. The number of hydrogen-bond donors (Lipinski definition) is 1. The third-order valence-electron chi connectivity index (χ3n) is 4.21. The fourth-order valence-corrected chi connectivity index (χ4v) is 3.00. The number of nitrogens with one attached hydrogen (secondary N) is 1. The highest BCUT2D eigenvalue weighted by atomic mass is 16.2. The Morgan fingerprint density at radius 3 is 2.43 bits per heavy atom. The second-order valence-electron chi connectivity index (χ2n) is 5.84. The maximum absolute atomic E-state index is 12.3. The topological polar surface area (TPSA) is 52.2 Å². The van der Waals surface area contributed by atoms with Gasteiger partial charge in [0.15, 0.2) is 0 Å². The van der Waals surface area contributed by atoms with Gasteiger partial charge in [-0.2, -0.15) is 5.10 Å². The number of carbonyl (C=O) groups excluding carboxylic acids is 1. The summed E-state index contributed by atoms with van der Waals surface area (Å²) in [5, 5.41) is 7.27. The van der Waals surface area contributed by atoms with E-state index in [4.69, 9.17) is 0 Å². The molecule has 120 valence electrons. The number of aromatic nitrogens is 2. The van der Waals surface area contributed by atoms with Crippen LogP contribution in [0.15, 0.2) is 36.4 Å². The minimum Gasteiger partial charge on any atom is -0.365 e. The van der Waals surface area contributed by atoms with E-state index in [1.807, 2.05) is 55.2 Å². The highest BCUT2D eigenvalue weighted by Crippen LogP contribution is 2.23. The zero-order valence-electron chi connectivity index (χ0n) is 13.6. The molecule has 0 saturated carbocycles. The second kappa shape index (κ2) is 6.69. The Morgan fingerprint density at radius 2 is 1.83 bits per heavy atom. The number of rotatable bonds is 3. The van der Waals surface area contributed by atoms with Gasteiger partial charge in [0.25, 0.3) is 0 Å². The predicted octanol–water partition coefficient (Wildman–Crippen LogP) is 2.39. The summed E-state index contributed by atoms with van der Waals surface area (Å²) < 4.78 is 0. The first-order chi connectivity index (χ1) is 11.1. The Kier molecular flexibility index (Phi) is 4.46. The molecule has 0 aliphatic carbocycles. The molecule has 1 aliphatic rings. The van der Waals surface area contributed by atoms with Crippen LogP contribution in [0.3, 0.4) is 0 Å². The molecule has 0 unspecified atom stereocenters. The minimum atomic E-state index is 0.0779. The number of amides is 1. The van der Waals surface area contributed by atoms with E-state index < -0.39 is 0 Å². The van der Waals surface area contributed by atoms with E-state index in [1.54, 1.807) is 6.08 Å².